The van der Waals surface area contributed by atoms with E-state index in [0.717, 1.165) is 36.9 Å². The molecule has 1 aliphatic carbocycles. The van der Waals surface area contributed by atoms with Gasteiger partial charge in [0.05, 0.1) is 12.2 Å². The minimum atomic E-state index is 0.0391. The smallest absolute Gasteiger partial charge is 0.226 e. The lowest BCUT2D eigenvalue weighted by molar-refractivity contribution is -0.138. The number of carbonyl (C=O) groups excluding carboxylic acids is 1. The standard InChI is InChI=1S/C21H27N3O/c1-16-6-4-7-17(12-16)14-24(15-20-10-2-3-11-23-20)21(25)18-8-5-9-19(22)13-18/h2-4,6-7,10-12,18-19H,5,8-9,13-15,22H2,1H3. The molecule has 1 fully saturated rings. The van der Waals surface area contributed by atoms with Crippen LogP contribution in [0.4, 0.5) is 0 Å². The molecule has 1 heterocycles. The van der Waals surface area contributed by atoms with E-state index >= 15 is 0 Å². The van der Waals surface area contributed by atoms with Crippen LogP contribution in [0.15, 0.2) is 48.7 Å². The molecule has 4 heteroatoms. The molecule has 2 atom stereocenters. The molecule has 2 N–H and O–H groups in total. The maximum absolute atomic E-state index is 13.2. The first-order valence-electron chi connectivity index (χ1n) is 9.11. The molecule has 132 valence electrons. The molecule has 2 aromatic rings. The number of hydrogen-bond acceptors (Lipinski definition) is 3. The molecule has 1 aromatic heterocycles. The molecule has 1 amide bonds. The van der Waals surface area contributed by atoms with Crippen molar-refractivity contribution in [3.63, 3.8) is 0 Å². The lowest BCUT2D eigenvalue weighted by Crippen LogP contribution is -2.40. The number of nitrogens with zero attached hydrogens (tertiary/aromatic N) is 2. The number of benzene rings is 1. The zero-order chi connectivity index (χ0) is 17.6. The molecule has 0 bridgehead atoms. The molecule has 0 radical (unpaired) electrons. The van der Waals surface area contributed by atoms with Gasteiger partial charge < -0.3 is 10.6 Å². The Morgan fingerprint density at radius 3 is 2.80 bits per heavy atom. The van der Waals surface area contributed by atoms with Crippen LogP contribution in [-0.2, 0) is 17.9 Å². The van der Waals surface area contributed by atoms with Crippen molar-refractivity contribution >= 4 is 5.91 Å². The number of amides is 1. The Kier molecular flexibility index (Phi) is 5.82. The normalized spacial score (nSPS) is 20.2. The molecule has 3 rings (SSSR count). The van der Waals surface area contributed by atoms with Crippen LogP contribution in [0.2, 0.25) is 0 Å². The molecule has 0 saturated heterocycles. The predicted octanol–water partition coefficient (Wildman–Crippen LogP) is 3.44. The van der Waals surface area contributed by atoms with E-state index in [0.29, 0.717) is 13.1 Å². The molecule has 1 saturated carbocycles. The second-order valence-corrected chi connectivity index (χ2v) is 7.13. The number of hydrogen-bond donors (Lipinski definition) is 1. The highest BCUT2D eigenvalue weighted by Gasteiger charge is 2.29. The van der Waals surface area contributed by atoms with Gasteiger partial charge >= 0.3 is 0 Å². The highest BCUT2D eigenvalue weighted by atomic mass is 16.2. The monoisotopic (exact) mass is 337 g/mol. The SMILES string of the molecule is Cc1cccc(CN(Cc2ccccn2)C(=O)C2CCCC(N)C2)c1. The van der Waals surface area contributed by atoms with Gasteiger partial charge in [0, 0.05) is 24.7 Å². The van der Waals surface area contributed by atoms with Crippen LogP contribution in [0.1, 0.15) is 42.5 Å². The zero-order valence-electron chi connectivity index (χ0n) is 14.9. The van der Waals surface area contributed by atoms with Crippen LogP contribution in [0, 0.1) is 12.8 Å². The summed E-state index contributed by atoms with van der Waals surface area (Å²) in [5, 5.41) is 0. The average Bonchev–Trinajstić information content (AvgIpc) is 2.61. The van der Waals surface area contributed by atoms with Crippen LogP contribution in [0.5, 0.6) is 0 Å². The van der Waals surface area contributed by atoms with Crippen molar-refractivity contribution in [3.05, 3.63) is 65.5 Å². The number of carbonyl (C=O) groups is 1. The first kappa shape index (κ1) is 17.6. The van der Waals surface area contributed by atoms with Gasteiger partial charge in [-0.25, -0.2) is 0 Å². The predicted molar refractivity (Wildman–Crippen MR) is 99.6 cm³/mol. The molecule has 0 spiro atoms. The van der Waals surface area contributed by atoms with E-state index in [2.05, 4.69) is 30.1 Å². The zero-order valence-corrected chi connectivity index (χ0v) is 14.9. The van der Waals surface area contributed by atoms with Crippen molar-refractivity contribution in [2.45, 2.75) is 51.7 Å². The van der Waals surface area contributed by atoms with Gasteiger partial charge in [-0.05, 0) is 43.9 Å². The van der Waals surface area contributed by atoms with Crippen LogP contribution in [-0.4, -0.2) is 21.8 Å². The van der Waals surface area contributed by atoms with E-state index in [1.807, 2.05) is 29.2 Å². The van der Waals surface area contributed by atoms with Crippen molar-refractivity contribution < 1.29 is 4.79 Å². The van der Waals surface area contributed by atoms with Crippen molar-refractivity contribution in [1.29, 1.82) is 0 Å². The summed E-state index contributed by atoms with van der Waals surface area (Å²) in [5.41, 5.74) is 9.39. The first-order valence-corrected chi connectivity index (χ1v) is 9.11. The summed E-state index contributed by atoms with van der Waals surface area (Å²) in [6, 6.07) is 14.3. The summed E-state index contributed by atoms with van der Waals surface area (Å²) in [6.45, 7) is 3.23. The highest BCUT2D eigenvalue weighted by molar-refractivity contribution is 5.79. The maximum atomic E-state index is 13.2. The Morgan fingerprint density at radius 2 is 2.08 bits per heavy atom. The highest BCUT2D eigenvalue weighted by Crippen LogP contribution is 2.26. The van der Waals surface area contributed by atoms with E-state index in [4.69, 9.17) is 5.73 Å². The third-order valence-electron chi connectivity index (χ3n) is 4.91. The van der Waals surface area contributed by atoms with E-state index in [1.54, 1.807) is 6.20 Å². The van der Waals surface area contributed by atoms with Gasteiger partial charge in [-0.2, -0.15) is 0 Å². The Labute approximate surface area is 150 Å². The summed E-state index contributed by atoms with van der Waals surface area (Å²) in [6.07, 6.45) is 5.59. The molecule has 1 aromatic carbocycles. The third-order valence-corrected chi connectivity index (χ3v) is 4.91. The number of aromatic nitrogens is 1. The number of rotatable bonds is 5. The number of pyridine rings is 1. The Bertz CT molecular complexity index is 701. The third kappa shape index (κ3) is 4.89. The van der Waals surface area contributed by atoms with Crippen molar-refractivity contribution in [2.24, 2.45) is 11.7 Å². The largest absolute Gasteiger partial charge is 0.332 e. The summed E-state index contributed by atoms with van der Waals surface area (Å²) in [5.74, 6) is 0.250. The Hall–Kier alpha value is -2.20. The molecule has 1 aliphatic rings. The van der Waals surface area contributed by atoms with Gasteiger partial charge in [-0.3, -0.25) is 9.78 Å². The summed E-state index contributed by atoms with van der Waals surface area (Å²) in [4.78, 5) is 19.5. The minimum absolute atomic E-state index is 0.0391. The van der Waals surface area contributed by atoms with Crippen molar-refractivity contribution in [3.8, 4) is 0 Å². The number of aryl methyl sites for hydroxylation is 1. The van der Waals surface area contributed by atoms with Gasteiger partial charge in [-0.15, -0.1) is 0 Å². The Balaban J connectivity index is 1.79. The van der Waals surface area contributed by atoms with E-state index in [1.165, 1.54) is 5.56 Å². The fraction of sp³-hybridized carbons (Fsp3) is 0.429. The molecule has 25 heavy (non-hydrogen) atoms. The van der Waals surface area contributed by atoms with Crippen LogP contribution in [0.3, 0.4) is 0 Å². The maximum Gasteiger partial charge on any atom is 0.226 e. The van der Waals surface area contributed by atoms with E-state index < -0.39 is 0 Å². The van der Waals surface area contributed by atoms with E-state index in [-0.39, 0.29) is 17.9 Å². The summed E-state index contributed by atoms with van der Waals surface area (Å²) in [7, 11) is 0. The molecular formula is C21H27N3O. The van der Waals surface area contributed by atoms with Crippen molar-refractivity contribution in [2.75, 3.05) is 0 Å². The lowest BCUT2D eigenvalue weighted by Gasteiger charge is -2.31. The number of nitrogens with two attached hydrogens (primary N) is 1. The minimum Gasteiger partial charge on any atom is -0.332 e. The van der Waals surface area contributed by atoms with Gasteiger partial charge in [0.2, 0.25) is 5.91 Å². The molecule has 2 unspecified atom stereocenters. The fourth-order valence-corrected chi connectivity index (χ4v) is 3.64. The molecular weight excluding hydrogens is 310 g/mol. The summed E-state index contributed by atoms with van der Waals surface area (Å²) >= 11 is 0. The van der Waals surface area contributed by atoms with Crippen molar-refractivity contribution in [1.82, 2.24) is 9.88 Å². The van der Waals surface area contributed by atoms with Gasteiger partial charge in [0.15, 0.2) is 0 Å². The van der Waals surface area contributed by atoms with E-state index in [9.17, 15) is 4.79 Å². The second kappa shape index (κ2) is 8.26. The van der Waals surface area contributed by atoms with Gasteiger partial charge in [0.25, 0.3) is 0 Å². The van der Waals surface area contributed by atoms with Crippen LogP contribution >= 0.6 is 0 Å². The average molecular weight is 337 g/mol. The topological polar surface area (TPSA) is 59.2 Å². The Morgan fingerprint density at radius 1 is 1.20 bits per heavy atom. The molecule has 0 aliphatic heterocycles. The summed E-state index contributed by atoms with van der Waals surface area (Å²) < 4.78 is 0. The lowest BCUT2D eigenvalue weighted by atomic mass is 9.85. The van der Waals surface area contributed by atoms with Crippen LogP contribution < -0.4 is 5.73 Å². The first-order chi connectivity index (χ1) is 12.1. The van der Waals surface area contributed by atoms with Crippen LogP contribution in [0.25, 0.3) is 0 Å². The second-order valence-electron chi connectivity index (χ2n) is 7.13. The fourth-order valence-electron chi connectivity index (χ4n) is 3.64. The molecule has 4 nitrogen and oxygen atoms in total. The van der Waals surface area contributed by atoms with Gasteiger partial charge in [0.1, 0.15) is 0 Å². The quantitative estimate of drug-likeness (QED) is 0.909. The van der Waals surface area contributed by atoms with Gasteiger partial charge in [-0.1, -0.05) is 42.3 Å².